The van der Waals surface area contributed by atoms with Crippen molar-refractivity contribution < 1.29 is 14.6 Å². The van der Waals surface area contributed by atoms with E-state index >= 15 is 0 Å². The zero-order valence-electron chi connectivity index (χ0n) is 16.8. The van der Waals surface area contributed by atoms with E-state index in [9.17, 15) is 29.8 Å². The summed E-state index contributed by atoms with van der Waals surface area (Å²) in [6.45, 7) is 1.75. The molecule has 2 N–H and O–H groups in total. The van der Waals surface area contributed by atoms with E-state index in [2.05, 4.69) is 15.7 Å². The first-order valence-corrected chi connectivity index (χ1v) is 9.40. The smallest absolute Gasteiger partial charge is 0.294 e. The summed E-state index contributed by atoms with van der Waals surface area (Å²) in [6.07, 6.45) is 0. The summed E-state index contributed by atoms with van der Waals surface area (Å²) in [5.74, 6) is -0.772. The lowest BCUT2D eigenvalue weighted by Crippen LogP contribution is -2.34. The third-order valence-electron chi connectivity index (χ3n) is 4.46. The lowest BCUT2D eigenvalue weighted by Gasteiger charge is -2.12. The van der Waals surface area contributed by atoms with Crippen molar-refractivity contribution >= 4 is 23.0 Å². The van der Waals surface area contributed by atoms with E-state index in [-0.39, 0.29) is 30.2 Å². The normalized spacial score (nSPS) is 10.4. The number of hydrogen-bond acceptors (Lipinski definition) is 8. The molecule has 0 saturated heterocycles. The number of aryl methyl sites for hydroxylation is 1. The van der Waals surface area contributed by atoms with Crippen molar-refractivity contribution in [2.45, 2.75) is 6.92 Å². The van der Waals surface area contributed by atoms with Crippen LogP contribution in [0.15, 0.2) is 59.4 Å². The van der Waals surface area contributed by atoms with Gasteiger partial charge in [-0.3, -0.25) is 29.8 Å². The quantitative estimate of drug-likeness (QED) is 0.307. The number of benzene rings is 2. The molecule has 3 aromatic rings. The number of nitrogens with one attached hydrogen (secondary N) is 2. The van der Waals surface area contributed by atoms with Crippen molar-refractivity contribution in [3.8, 4) is 5.69 Å². The molecule has 1 aromatic heterocycles. The Morgan fingerprint density at radius 3 is 2.31 bits per heavy atom. The van der Waals surface area contributed by atoms with Gasteiger partial charge in [-0.1, -0.05) is 24.3 Å². The molecular formula is C20H18N6O6. The van der Waals surface area contributed by atoms with Gasteiger partial charge in [0.25, 0.3) is 17.3 Å². The standard InChI is InChI=1S/C20H18N6O6/c1-13-12-18(27)19(23-24(13)16-8-4-5-9-17(16)26(31)32)20(28)22-11-10-21-14-6-2-3-7-15(14)25(29)30/h2-9,12,21H,10-11H2,1H3,(H,22,28). The predicted octanol–water partition coefficient (Wildman–Crippen LogP) is 2.20. The average Bonchev–Trinajstić information content (AvgIpc) is 2.76. The van der Waals surface area contributed by atoms with Crippen LogP contribution in [0.3, 0.4) is 0 Å². The number of para-hydroxylation sites is 4. The summed E-state index contributed by atoms with van der Waals surface area (Å²) in [5, 5.41) is 31.8. The van der Waals surface area contributed by atoms with Gasteiger partial charge in [0.2, 0.25) is 5.43 Å². The Hall–Kier alpha value is -4.61. The molecule has 0 spiro atoms. The number of carbonyl (C=O) groups excluding carboxylic acids is 1. The minimum absolute atomic E-state index is 0.0470. The molecule has 0 saturated carbocycles. The number of anilines is 1. The number of amides is 1. The molecule has 0 atom stereocenters. The second-order valence-corrected chi connectivity index (χ2v) is 6.61. The molecule has 32 heavy (non-hydrogen) atoms. The van der Waals surface area contributed by atoms with Crippen molar-refractivity contribution in [2.75, 3.05) is 18.4 Å². The highest BCUT2D eigenvalue weighted by molar-refractivity contribution is 5.92. The van der Waals surface area contributed by atoms with Crippen LogP contribution in [-0.2, 0) is 0 Å². The molecule has 0 radical (unpaired) electrons. The Bertz CT molecular complexity index is 1260. The molecule has 1 amide bonds. The maximum Gasteiger partial charge on any atom is 0.294 e. The lowest BCUT2D eigenvalue weighted by molar-refractivity contribution is -0.384. The minimum Gasteiger partial charge on any atom is -0.378 e. The van der Waals surface area contributed by atoms with Crippen LogP contribution in [0.2, 0.25) is 0 Å². The van der Waals surface area contributed by atoms with Crippen LogP contribution in [0.25, 0.3) is 5.69 Å². The largest absolute Gasteiger partial charge is 0.378 e. The Kier molecular flexibility index (Phi) is 6.53. The van der Waals surface area contributed by atoms with E-state index in [1.807, 2.05) is 0 Å². The molecule has 3 rings (SSSR count). The van der Waals surface area contributed by atoms with Gasteiger partial charge in [-0.2, -0.15) is 5.10 Å². The Balaban J connectivity index is 1.76. The van der Waals surface area contributed by atoms with Gasteiger partial charge in [0.15, 0.2) is 5.69 Å². The van der Waals surface area contributed by atoms with Gasteiger partial charge in [0.1, 0.15) is 11.4 Å². The lowest BCUT2D eigenvalue weighted by atomic mass is 10.2. The van der Waals surface area contributed by atoms with E-state index < -0.39 is 26.9 Å². The second kappa shape index (κ2) is 9.47. The van der Waals surface area contributed by atoms with E-state index in [4.69, 9.17) is 0 Å². The molecule has 12 heteroatoms. The summed E-state index contributed by atoms with van der Waals surface area (Å²) in [4.78, 5) is 46.1. The number of hydrogen-bond donors (Lipinski definition) is 2. The molecule has 1 heterocycles. The predicted molar refractivity (Wildman–Crippen MR) is 115 cm³/mol. The van der Waals surface area contributed by atoms with Crippen molar-refractivity contribution in [1.29, 1.82) is 0 Å². The molecule has 0 aliphatic heterocycles. The van der Waals surface area contributed by atoms with Crippen molar-refractivity contribution in [2.24, 2.45) is 0 Å². The van der Waals surface area contributed by atoms with Crippen molar-refractivity contribution in [3.63, 3.8) is 0 Å². The van der Waals surface area contributed by atoms with Gasteiger partial charge in [0.05, 0.1) is 9.85 Å². The molecule has 0 aliphatic carbocycles. The zero-order valence-corrected chi connectivity index (χ0v) is 16.8. The van der Waals surface area contributed by atoms with E-state index in [1.165, 1.54) is 47.1 Å². The van der Waals surface area contributed by atoms with Gasteiger partial charge < -0.3 is 10.6 Å². The fourth-order valence-electron chi connectivity index (χ4n) is 2.99. The van der Waals surface area contributed by atoms with Crippen LogP contribution in [0.1, 0.15) is 16.2 Å². The summed E-state index contributed by atoms with van der Waals surface area (Å²) in [6, 6.07) is 13.1. The molecule has 12 nitrogen and oxygen atoms in total. The fourth-order valence-corrected chi connectivity index (χ4v) is 2.99. The van der Waals surface area contributed by atoms with Crippen LogP contribution in [0, 0.1) is 27.2 Å². The summed E-state index contributed by atoms with van der Waals surface area (Å²) in [5.41, 5.74) is -0.681. The van der Waals surface area contributed by atoms with Gasteiger partial charge in [-0.15, -0.1) is 0 Å². The third-order valence-corrected chi connectivity index (χ3v) is 4.46. The summed E-state index contributed by atoms with van der Waals surface area (Å²) >= 11 is 0. The number of nitro groups is 2. The van der Waals surface area contributed by atoms with Crippen LogP contribution >= 0.6 is 0 Å². The van der Waals surface area contributed by atoms with E-state index in [0.717, 1.165) is 0 Å². The maximum atomic E-state index is 12.5. The van der Waals surface area contributed by atoms with Gasteiger partial charge in [-0.25, -0.2) is 4.68 Å². The first-order valence-electron chi connectivity index (χ1n) is 9.40. The monoisotopic (exact) mass is 438 g/mol. The Labute approximate surface area is 180 Å². The fraction of sp³-hybridized carbons (Fsp3) is 0.150. The number of rotatable bonds is 8. The van der Waals surface area contributed by atoms with Crippen molar-refractivity contribution in [1.82, 2.24) is 15.1 Å². The molecule has 0 unspecified atom stereocenters. The molecule has 2 aromatic carbocycles. The van der Waals surface area contributed by atoms with Crippen LogP contribution in [0.4, 0.5) is 17.1 Å². The van der Waals surface area contributed by atoms with Crippen LogP contribution in [-0.4, -0.2) is 38.6 Å². The highest BCUT2D eigenvalue weighted by Gasteiger charge is 2.20. The summed E-state index contributed by atoms with van der Waals surface area (Å²) < 4.78 is 1.17. The number of carbonyl (C=O) groups is 1. The maximum absolute atomic E-state index is 12.5. The van der Waals surface area contributed by atoms with Crippen molar-refractivity contribution in [3.05, 3.63) is 96.4 Å². The Morgan fingerprint density at radius 1 is 1.00 bits per heavy atom. The van der Waals surface area contributed by atoms with Crippen LogP contribution < -0.4 is 16.1 Å². The SMILES string of the molecule is Cc1cc(=O)c(C(=O)NCCNc2ccccc2[N+](=O)[O-])nn1-c1ccccc1[N+](=O)[O-]. The molecule has 164 valence electrons. The molecule has 0 fully saturated rings. The Morgan fingerprint density at radius 2 is 1.62 bits per heavy atom. The zero-order chi connectivity index (χ0) is 23.3. The van der Waals surface area contributed by atoms with E-state index in [0.29, 0.717) is 11.4 Å². The topological polar surface area (TPSA) is 162 Å². The first-order chi connectivity index (χ1) is 15.3. The molecule has 0 bridgehead atoms. The second-order valence-electron chi connectivity index (χ2n) is 6.61. The van der Waals surface area contributed by atoms with Crippen LogP contribution in [0.5, 0.6) is 0 Å². The summed E-state index contributed by atoms with van der Waals surface area (Å²) in [7, 11) is 0. The molecule has 0 aliphatic rings. The molecular weight excluding hydrogens is 420 g/mol. The number of aromatic nitrogens is 2. The minimum atomic E-state index is -0.772. The van der Waals surface area contributed by atoms with E-state index in [1.54, 1.807) is 19.1 Å². The average molecular weight is 438 g/mol. The number of nitro benzene ring substituents is 2. The third kappa shape index (κ3) is 4.75. The van der Waals surface area contributed by atoms with Gasteiger partial charge in [-0.05, 0) is 19.1 Å². The highest BCUT2D eigenvalue weighted by atomic mass is 16.6. The first kappa shape index (κ1) is 22.1. The highest BCUT2D eigenvalue weighted by Crippen LogP contribution is 2.23. The number of nitrogens with zero attached hydrogens (tertiary/aromatic N) is 4. The van der Waals surface area contributed by atoms with Gasteiger partial charge >= 0.3 is 0 Å². The van der Waals surface area contributed by atoms with Gasteiger partial charge in [0, 0.05) is 37.0 Å².